The summed E-state index contributed by atoms with van der Waals surface area (Å²) in [7, 11) is 2.08. The molecular weight excluding hydrogens is 302 g/mol. The molecule has 0 bridgehead atoms. The molecule has 0 amide bonds. The Balaban J connectivity index is 1.96. The van der Waals surface area contributed by atoms with E-state index in [0.717, 1.165) is 31.2 Å². The normalized spacial score (nSPS) is 20.2. The van der Waals surface area contributed by atoms with Gasteiger partial charge in [-0.3, -0.25) is 14.9 Å². The van der Waals surface area contributed by atoms with E-state index in [4.69, 9.17) is 0 Å². The number of pyridine rings is 1. The molecule has 1 saturated heterocycles. The highest BCUT2D eigenvalue weighted by atomic mass is 16.3. The van der Waals surface area contributed by atoms with E-state index in [9.17, 15) is 5.11 Å². The van der Waals surface area contributed by atoms with Crippen LogP contribution in [0.5, 0.6) is 0 Å². The standard InChI is InChI=1S/C18H31N5O/c1-4-20-18(21-13-17(24)15-8-10-19-11-9-15)22(3)14-16-7-6-12-23(16)5-2/h8-11,16-17,24H,4-7,12-14H2,1-3H3,(H,20,21). The van der Waals surface area contributed by atoms with Crippen molar-refractivity contribution in [2.45, 2.75) is 38.8 Å². The summed E-state index contributed by atoms with van der Waals surface area (Å²) in [6.45, 7) is 8.72. The van der Waals surface area contributed by atoms with Gasteiger partial charge < -0.3 is 15.3 Å². The number of nitrogens with one attached hydrogen (secondary N) is 1. The molecule has 2 rings (SSSR count). The van der Waals surface area contributed by atoms with Gasteiger partial charge in [0.25, 0.3) is 0 Å². The summed E-state index contributed by atoms with van der Waals surface area (Å²) in [5.41, 5.74) is 0.847. The Hall–Kier alpha value is -1.66. The van der Waals surface area contributed by atoms with Crippen LogP contribution in [0.3, 0.4) is 0 Å². The fourth-order valence-corrected chi connectivity index (χ4v) is 3.25. The Bertz CT molecular complexity index is 507. The molecule has 1 aromatic heterocycles. The van der Waals surface area contributed by atoms with Crippen molar-refractivity contribution in [2.24, 2.45) is 4.99 Å². The molecule has 2 N–H and O–H groups in total. The lowest BCUT2D eigenvalue weighted by Crippen LogP contribution is -2.46. The number of rotatable bonds is 7. The SMILES string of the molecule is CCNC(=NCC(O)c1ccncc1)N(C)CC1CCCN1CC. The first-order valence-corrected chi connectivity index (χ1v) is 8.97. The average Bonchev–Trinajstić information content (AvgIpc) is 3.06. The molecule has 2 heterocycles. The predicted molar refractivity (Wildman–Crippen MR) is 98.1 cm³/mol. The van der Waals surface area contributed by atoms with Crippen molar-refractivity contribution in [3.05, 3.63) is 30.1 Å². The molecule has 6 nitrogen and oxygen atoms in total. The van der Waals surface area contributed by atoms with E-state index in [1.165, 1.54) is 19.4 Å². The molecule has 2 unspecified atom stereocenters. The molecule has 6 heteroatoms. The lowest BCUT2D eigenvalue weighted by Gasteiger charge is -2.30. The van der Waals surface area contributed by atoms with Crippen LogP contribution >= 0.6 is 0 Å². The summed E-state index contributed by atoms with van der Waals surface area (Å²) >= 11 is 0. The van der Waals surface area contributed by atoms with Crippen LogP contribution in [-0.2, 0) is 0 Å². The lowest BCUT2D eigenvalue weighted by atomic mass is 10.1. The zero-order valence-electron chi connectivity index (χ0n) is 15.1. The number of nitrogens with zero attached hydrogens (tertiary/aromatic N) is 4. The second kappa shape index (κ2) is 9.59. The van der Waals surface area contributed by atoms with Gasteiger partial charge in [-0.2, -0.15) is 0 Å². The van der Waals surface area contributed by atoms with Crippen molar-refractivity contribution in [3.63, 3.8) is 0 Å². The van der Waals surface area contributed by atoms with E-state index in [2.05, 4.69) is 46.0 Å². The van der Waals surface area contributed by atoms with Crippen LogP contribution in [0, 0.1) is 0 Å². The van der Waals surface area contributed by atoms with Gasteiger partial charge in [-0.05, 0) is 50.6 Å². The molecule has 0 radical (unpaired) electrons. The Morgan fingerprint density at radius 1 is 1.46 bits per heavy atom. The molecule has 1 aromatic rings. The molecule has 1 aliphatic heterocycles. The highest BCUT2D eigenvalue weighted by Crippen LogP contribution is 2.17. The topological polar surface area (TPSA) is 64.0 Å². The van der Waals surface area contributed by atoms with Crippen LogP contribution < -0.4 is 5.32 Å². The smallest absolute Gasteiger partial charge is 0.193 e. The number of guanidine groups is 1. The summed E-state index contributed by atoms with van der Waals surface area (Å²) in [6, 6.07) is 4.25. The minimum atomic E-state index is -0.603. The monoisotopic (exact) mass is 333 g/mol. The number of hydrogen-bond acceptors (Lipinski definition) is 4. The first-order valence-electron chi connectivity index (χ1n) is 8.97. The van der Waals surface area contributed by atoms with Gasteiger partial charge >= 0.3 is 0 Å². The van der Waals surface area contributed by atoms with E-state index < -0.39 is 6.10 Å². The number of aliphatic hydroxyl groups is 1. The van der Waals surface area contributed by atoms with Crippen molar-refractivity contribution < 1.29 is 5.11 Å². The van der Waals surface area contributed by atoms with Crippen LogP contribution in [0.15, 0.2) is 29.5 Å². The van der Waals surface area contributed by atoms with Crippen LogP contribution in [-0.4, -0.2) is 71.7 Å². The lowest BCUT2D eigenvalue weighted by molar-refractivity contribution is 0.186. The van der Waals surface area contributed by atoms with Crippen molar-refractivity contribution in [3.8, 4) is 0 Å². The number of hydrogen-bond donors (Lipinski definition) is 2. The number of likely N-dealkylation sites (N-methyl/N-ethyl adjacent to an activating group) is 2. The molecule has 0 spiro atoms. The van der Waals surface area contributed by atoms with Crippen molar-refractivity contribution in [2.75, 3.05) is 39.8 Å². The van der Waals surface area contributed by atoms with E-state index in [1.807, 2.05) is 12.1 Å². The summed E-state index contributed by atoms with van der Waals surface area (Å²) in [5.74, 6) is 0.855. The summed E-state index contributed by atoms with van der Waals surface area (Å²) in [6.07, 6.45) is 5.31. The van der Waals surface area contributed by atoms with Gasteiger partial charge in [0, 0.05) is 38.6 Å². The zero-order valence-corrected chi connectivity index (χ0v) is 15.1. The molecule has 2 atom stereocenters. The quantitative estimate of drug-likeness (QED) is 0.585. The Kier molecular flexibility index (Phi) is 7.46. The highest BCUT2D eigenvalue weighted by Gasteiger charge is 2.25. The molecular formula is C18H31N5O. The molecule has 1 aliphatic rings. The van der Waals surface area contributed by atoms with Gasteiger partial charge in [-0.1, -0.05) is 6.92 Å². The van der Waals surface area contributed by atoms with E-state index in [-0.39, 0.29) is 0 Å². The second-order valence-electron chi connectivity index (χ2n) is 6.30. The summed E-state index contributed by atoms with van der Waals surface area (Å²) in [5, 5.41) is 13.6. The third kappa shape index (κ3) is 5.18. The van der Waals surface area contributed by atoms with Gasteiger partial charge in [0.2, 0.25) is 0 Å². The van der Waals surface area contributed by atoms with Crippen molar-refractivity contribution in [1.29, 1.82) is 0 Å². The number of likely N-dealkylation sites (tertiary alicyclic amines) is 1. The summed E-state index contributed by atoms with van der Waals surface area (Å²) < 4.78 is 0. The minimum Gasteiger partial charge on any atom is -0.386 e. The zero-order chi connectivity index (χ0) is 17.4. The Morgan fingerprint density at radius 2 is 2.21 bits per heavy atom. The third-order valence-corrected chi connectivity index (χ3v) is 4.59. The maximum absolute atomic E-state index is 10.3. The van der Waals surface area contributed by atoms with Crippen LogP contribution in [0.1, 0.15) is 38.4 Å². The van der Waals surface area contributed by atoms with E-state index >= 15 is 0 Å². The minimum absolute atomic E-state index is 0.346. The first kappa shape index (κ1) is 18.7. The number of aromatic nitrogens is 1. The fourth-order valence-electron chi connectivity index (χ4n) is 3.25. The van der Waals surface area contributed by atoms with Gasteiger partial charge in [-0.25, -0.2) is 0 Å². The largest absolute Gasteiger partial charge is 0.386 e. The maximum Gasteiger partial charge on any atom is 0.193 e. The molecule has 0 saturated carbocycles. The first-order chi connectivity index (χ1) is 11.7. The second-order valence-corrected chi connectivity index (χ2v) is 6.30. The van der Waals surface area contributed by atoms with E-state index in [0.29, 0.717) is 12.6 Å². The number of aliphatic imine (C=N–C) groups is 1. The summed E-state index contributed by atoms with van der Waals surface area (Å²) in [4.78, 5) is 13.3. The van der Waals surface area contributed by atoms with Crippen LogP contribution in [0.25, 0.3) is 0 Å². The molecule has 24 heavy (non-hydrogen) atoms. The number of aliphatic hydroxyl groups excluding tert-OH is 1. The predicted octanol–water partition coefficient (Wildman–Crippen LogP) is 1.50. The molecule has 0 aromatic carbocycles. The maximum atomic E-state index is 10.3. The molecule has 0 aliphatic carbocycles. The van der Waals surface area contributed by atoms with Gasteiger partial charge in [-0.15, -0.1) is 0 Å². The Morgan fingerprint density at radius 3 is 2.88 bits per heavy atom. The third-order valence-electron chi connectivity index (χ3n) is 4.59. The van der Waals surface area contributed by atoms with Gasteiger partial charge in [0.1, 0.15) is 0 Å². The average molecular weight is 333 g/mol. The van der Waals surface area contributed by atoms with Crippen LogP contribution in [0.4, 0.5) is 0 Å². The van der Waals surface area contributed by atoms with Crippen LogP contribution in [0.2, 0.25) is 0 Å². The van der Waals surface area contributed by atoms with Gasteiger partial charge in [0.15, 0.2) is 5.96 Å². The highest BCUT2D eigenvalue weighted by molar-refractivity contribution is 5.79. The van der Waals surface area contributed by atoms with E-state index in [1.54, 1.807) is 12.4 Å². The van der Waals surface area contributed by atoms with Crippen molar-refractivity contribution in [1.82, 2.24) is 20.1 Å². The Labute approximate surface area is 145 Å². The fraction of sp³-hybridized carbons (Fsp3) is 0.667. The molecule has 1 fully saturated rings. The van der Waals surface area contributed by atoms with Gasteiger partial charge in [0.05, 0.1) is 12.6 Å². The molecule has 134 valence electrons. The van der Waals surface area contributed by atoms with Crippen molar-refractivity contribution >= 4 is 5.96 Å².